The van der Waals surface area contributed by atoms with E-state index in [4.69, 9.17) is 5.73 Å². The van der Waals surface area contributed by atoms with E-state index >= 15 is 0 Å². The molecule has 0 aliphatic heterocycles. The van der Waals surface area contributed by atoms with Crippen LogP contribution in [0.15, 0.2) is 0 Å². The molecule has 0 aliphatic carbocycles. The molecule has 2 atom stereocenters. The molecule has 0 fully saturated rings. The van der Waals surface area contributed by atoms with Crippen molar-refractivity contribution in [2.24, 2.45) is 11.1 Å². The number of nitrogens with two attached hydrogens (primary N) is 1. The molecule has 0 saturated carbocycles. The second-order valence-electron chi connectivity index (χ2n) is 5.11. The molecule has 0 rings (SSSR count). The van der Waals surface area contributed by atoms with Gasteiger partial charge in [-0.3, -0.25) is 4.79 Å². The highest BCUT2D eigenvalue weighted by molar-refractivity contribution is 5.75. The molecule has 4 heteroatoms. The Bertz CT molecular complexity index is 211. The van der Waals surface area contributed by atoms with Crippen molar-refractivity contribution in [2.45, 2.75) is 39.8 Å². The summed E-state index contributed by atoms with van der Waals surface area (Å²) in [5, 5.41) is 0. The van der Waals surface area contributed by atoms with Crippen molar-refractivity contribution in [3.63, 3.8) is 0 Å². The van der Waals surface area contributed by atoms with Gasteiger partial charge >= 0.3 is 5.97 Å². The van der Waals surface area contributed by atoms with E-state index in [1.54, 1.807) is 0 Å². The Balaban J connectivity index is 4.25. The highest BCUT2D eigenvalue weighted by Crippen LogP contribution is 2.22. The van der Waals surface area contributed by atoms with Crippen LogP contribution in [-0.4, -0.2) is 43.7 Å². The lowest BCUT2D eigenvalue weighted by Crippen LogP contribution is -2.48. The van der Waals surface area contributed by atoms with Crippen molar-refractivity contribution >= 4 is 5.97 Å². The zero-order valence-corrected chi connectivity index (χ0v) is 10.7. The molecule has 0 aromatic heterocycles. The molecule has 2 N–H and O–H groups in total. The number of nitrogens with zero attached hydrogens (tertiary/aromatic N) is 1. The molecule has 0 aromatic carbocycles. The molecule has 2 unspecified atom stereocenters. The number of carbonyl (C=O) groups excluding carboxylic acids is 1. The summed E-state index contributed by atoms with van der Waals surface area (Å²) in [7, 11) is 3.33. The standard InChI is InChI=1S/C11H24N2O2/c1-8(11(2,3)4)13(5)7-9(12)10(14)15-6/h8-9H,7,12H2,1-6H3. The summed E-state index contributed by atoms with van der Waals surface area (Å²) >= 11 is 0. The van der Waals surface area contributed by atoms with Gasteiger partial charge in [-0.05, 0) is 19.4 Å². The largest absolute Gasteiger partial charge is 0.468 e. The normalized spacial score (nSPS) is 16.3. The fraction of sp³-hybridized carbons (Fsp3) is 0.909. The number of hydrogen-bond acceptors (Lipinski definition) is 4. The van der Waals surface area contributed by atoms with Crippen LogP contribution in [0.2, 0.25) is 0 Å². The van der Waals surface area contributed by atoms with Crippen LogP contribution < -0.4 is 5.73 Å². The van der Waals surface area contributed by atoms with Crippen LogP contribution in [0.1, 0.15) is 27.7 Å². The second-order valence-corrected chi connectivity index (χ2v) is 5.11. The summed E-state index contributed by atoms with van der Waals surface area (Å²) < 4.78 is 4.59. The van der Waals surface area contributed by atoms with Crippen LogP contribution >= 0.6 is 0 Å². The third-order valence-corrected chi connectivity index (χ3v) is 2.90. The molecular weight excluding hydrogens is 192 g/mol. The van der Waals surface area contributed by atoms with Gasteiger partial charge in [0.05, 0.1) is 7.11 Å². The van der Waals surface area contributed by atoms with Crippen LogP contribution in [0.3, 0.4) is 0 Å². The van der Waals surface area contributed by atoms with Crippen molar-refractivity contribution in [3.8, 4) is 0 Å². The Morgan fingerprint density at radius 3 is 2.27 bits per heavy atom. The SMILES string of the molecule is COC(=O)C(N)CN(C)C(C)C(C)(C)C. The summed E-state index contributed by atoms with van der Waals surface area (Å²) in [6.45, 7) is 9.14. The first-order chi connectivity index (χ1) is 6.70. The Morgan fingerprint density at radius 2 is 1.93 bits per heavy atom. The average Bonchev–Trinajstić information content (AvgIpc) is 2.13. The minimum absolute atomic E-state index is 0.171. The van der Waals surface area contributed by atoms with Gasteiger partial charge in [0.2, 0.25) is 0 Å². The number of ether oxygens (including phenoxy) is 1. The van der Waals surface area contributed by atoms with Crippen LogP contribution in [0.25, 0.3) is 0 Å². The first kappa shape index (κ1) is 14.4. The van der Waals surface area contributed by atoms with E-state index in [0.29, 0.717) is 12.6 Å². The molecular formula is C11H24N2O2. The van der Waals surface area contributed by atoms with E-state index in [0.717, 1.165) is 0 Å². The summed E-state index contributed by atoms with van der Waals surface area (Å²) in [4.78, 5) is 13.2. The third-order valence-electron chi connectivity index (χ3n) is 2.90. The van der Waals surface area contributed by atoms with Crippen LogP contribution in [-0.2, 0) is 9.53 Å². The van der Waals surface area contributed by atoms with Gasteiger partial charge in [0.15, 0.2) is 0 Å². The van der Waals surface area contributed by atoms with Gasteiger partial charge in [-0.15, -0.1) is 0 Å². The van der Waals surface area contributed by atoms with E-state index in [2.05, 4.69) is 37.3 Å². The minimum atomic E-state index is -0.565. The van der Waals surface area contributed by atoms with E-state index in [-0.39, 0.29) is 11.4 Å². The van der Waals surface area contributed by atoms with Crippen molar-refractivity contribution in [1.29, 1.82) is 0 Å². The van der Waals surface area contributed by atoms with E-state index in [9.17, 15) is 4.79 Å². The zero-order chi connectivity index (χ0) is 12.2. The molecule has 4 nitrogen and oxygen atoms in total. The summed E-state index contributed by atoms with van der Waals surface area (Å²) in [5.41, 5.74) is 5.86. The van der Waals surface area contributed by atoms with Gasteiger partial charge in [0, 0.05) is 12.6 Å². The molecule has 0 heterocycles. The molecule has 0 aliphatic rings. The number of hydrogen-bond donors (Lipinski definition) is 1. The maximum Gasteiger partial charge on any atom is 0.323 e. The number of likely N-dealkylation sites (N-methyl/N-ethyl adjacent to an activating group) is 1. The smallest absolute Gasteiger partial charge is 0.323 e. The van der Waals surface area contributed by atoms with Crippen molar-refractivity contribution in [3.05, 3.63) is 0 Å². The number of methoxy groups -OCH3 is 1. The molecule has 0 radical (unpaired) electrons. The first-order valence-corrected chi connectivity index (χ1v) is 5.23. The van der Waals surface area contributed by atoms with Gasteiger partial charge in [-0.1, -0.05) is 20.8 Å². The molecule has 90 valence electrons. The van der Waals surface area contributed by atoms with Crippen molar-refractivity contribution in [1.82, 2.24) is 4.90 Å². The zero-order valence-electron chi connectivity index (χ0n) is 10.7. The highest BCUT2D eigenvalue weighted by atomic mass is 16.5. The van der Waals surface area contributed by atoms with Crippen LogP contribution in [0.5, 0.6) is 0 Å². The van der Waals surface area contributed by atoms with Gasteiger partial charge < -0.3 is 15.4 Å². The Morgan fingerprint density at radius 1 is 1.47 bits per heavy atom. The van der Waals surface area contributed by atoms with Gasteiger partial charge in [-0.2, -0.15) is 0 Å². The molecule has 0 saturated heterocycles. The molecule has 0 bridgehead atoms. The Labute approximate surface area is 92.8 Å². The number of carbonyl (C=O) groups is 1. The predicted octanol–water partition coefficient (Wildman–Crippen LogP) is 0.853. The summed E-state index contributed by atoms with van der Waals surface area (Å²) in [6, 6.07) is -0.210. The maximum absolute atomic E-state index is 11.1. The quantitative estimate of drug-likeness (QED) is 0.708. The van der Waals surface area contributed by atoms with Crippen LogP contribution in [0.4, 0.5) is 0 Å². The van der Waals surface area contributed by atoms with Crippen LogP contribution in [0, 0.1) is 5.41 Å². The lowest BCUT2D eigenvalue weighted by atomic mass is 9.87. The Hall–Kier alpha value is -0.610. The van der Waals surface area contributed by atoms with Crippen molar-refractivity contribution in [2.75, 3.05) is 20.7 Å². The third kappa shape index (κ3) is 4.62. The van der Waals surface area contributed by atoms with E-state index in [1.165, 1.54) is 7.11 Å². The van der Waals surface area contributed by atoms with E-state index in [1.807, 2.05) is 7.05 Å². The minimum Gasteiger partial charge on any atom is -0.468 e. The van der Waals surface area contributed by atoms with Crippen molar-refractivity contribution < 1.29 is 9.53 Å². The highest BCUT2D eigenvalue weighted by Gasteiger charge is 2.26. The monoisotopic (exact) mass is 216 g/mol. The van der Waals surface area contributed by atoms with Gasteiger partial charge in [0.1, 0.15) is 6.04 Å². The second kappa shape index (κ2) is 5.47. The molecule has 0 aromatic rings. The fourth-order valence-corrected chi connectivity index (χ4v) is 1.36. The summed E-state index contributed by atoms with van der Waals surface area (Å²) in [6.07, 6.45) is 0. The van der Waals surface area contributed by atoms with Gasteiger partial charge in [0.25, 0.3) is 0 Å². The Kier molecular flexibility index (Phi) is 5.24. The fourth-order valence-electron chi connectivity index (χ4n) is 1.36. The number of esters is 1. The predicted molar refractivity (Wildman–Crippen MR) is 61.5 cm³/mol. The molecule has 15 heavy (non-hydrogen) atoms. The topological polar surface area (TPSA) is 55.6 Å². The van der Waals surface area contributed by atoms with Gasteiger partial charge in [-0.25, -0.2) is 0 Å². The van der Waals surface area contributed by atoms with E-state index < -0.39 is 6.04 Å². The number of rotatable bonds is 4. The summed E-state index contributed by atoms with van der Waals surface area (Å²) in [5.74, 6) is -0.358. The lowest BCUT2D eigenvalue weighted by Gasteiger charge is -2.36. The molecule has 0 amide bonds. The maximum atomic E-state index is 11.1. The first-order valence-electron chi connectivity index (χ1n) is 5.23. The lowest BCUT2D eigenvalue weighted by molar-refractivity contribution is -0.142. The molecule has 0 spiro atoms. The average molecular weight is 216 g/mol.